The molecule has 3 aromatic rings. The molecule has 1 aromatic heterocycles. The van der Waals surface area contributed by atoms with Crippen molar-refractivity contribution in [2.24, 2.45) is 5.92 Å². The first-order chi connectivity index (χ1) is 14.0. The molecule has 2 aromatic carbocycles. The maximum Gasteiger partial charge on any atom is 0.314 e. The van der Waals surface area contributed by atoms with Crippen LogP contribution >= 0.6 is 0 Å². The van der Waals surface area contributed by atoms with E-state index in [0.29, 0.717) is 30.1 Å². The van der Waals surface area contributed by atoms with Gasteiger partial charge in [0.1, 0.15) is 17.5 Å². The number of aromatic amines is 1. The van der Waals surface area contributed by atoms with Crippen LogP contribution in [0.15, 0.2) is 36.4 Å². The smallest absolute Gasteiger partial charge is 0.314 e. The summed E-state index contributed by atoms with van der Waals surface area (Å²) in [5.41, 5.74) is 2.51. The van der Waals surface area contributed by atoms with Crippen molar-refractivity contribution >= 4 is 16.9 Å². The third-order valence-corrected chi connectivity index (χ3v) is 5.53. The number of benzene rings is 2. The van der Waals surface area contributed by atoms with Crippen LogP contribution in [0, 0.1) is 23.4 Å². The number of carbonyl (C=O) groups excluding carboxylic acids is 1. The number of halogens is 3. The molecule has 0 radical (unpaired) electrons. The Hall–Kier alpha value is -2.96. The average molecular weight is 401 g/mol. The van der Waals surface area contributed by atoms with Gasteiger partial charge in [-0.25, -0.2) is 18.0 Å². The van der Waals surface area contributed by atoms with E-state index in [1.165, 1.54) is 18.2 Å². The van der Waals surface area contributed by atoms with E-state index in [1.807, 2.05) is 6.92 Å². The van der Waals surface area contributed by atoms with Gasteiger partial charge in [0.25, 0.3) is 0 Å². The number of aromatic nitrogens is 1. The Morgan fingerprint density at radius 2 is 1.79 bits per heavy atom. The van der Waals surface area contributed by atoms with E-state index < -0.39 is 11.6 Å². The molecule has 0 saturated heterocycles. The van der Waals surface area contributed by atoms with E-state index in [1.54, 1.807) is 12.1 Å². The summed E-state index contributed by atoms with van der Waals surface area (Å²) in [7, 11) is 0. The number of nitrogens with one attached hydrogen (secondary N) is 3. The molecule has 4 nitrogen and oxygen atoms in total. The Labute approximate surface area is 166 Å². The lowest BCUT2D eigenvalue weighted by Crippen LogP contribution is -2.40. The second-order valence-electron chi connectivity index (χ2n) is 7.51. The molecule has 1 aliphatic carbocycles. The maximum atomic E-state index is 14.4. The number of amides is 2. The number of hydrogen-bond donors (Lipinski definition) is 3. The van der Waals surface area contributed by atoms with Crippen molar-refractivity contribution in [3.63, 3.8) is 0 Å². The van der Waals surface area contributed by atoms with Crippen molar-refractivity contribution in [3.8, 4) is 11.3 Å². The van der Waals surface area contributed by atoms with Gasteiger partial charge in [-0.3, -0.25) is 0 Å². The number of hydrogen-bond acceptors (Lipinski definition) is 1. The minimum absolute atomic E-state index is 0.103. The van der Waals surface area contributed by atoms with Crippen LogP contribution in [0.5, 0.6) is 0 Å². The third-order valence-electron chi connectivity index (χ3n) is 5.53. The van der Waals surface area contributed by atoms with Crippen LogP contribution < -0.4 is 10.6 Å². The second-order valence-corrected chi connectivity index (χ2v) is 7.51. The Morgan fingerprint density at radius 3 is 2.48 bits per heavy atom. The summed E-state index contributed by atoms with van der Waals surface area (Å²) in [6.45, 7) is 2.97. The van der Waals surface area contributed by atoms with Crippen LogP contribution in [0.1, 0.15) is 31.2 Å². The lowest BCUT2D eigenvalue weighted by Gasteiger charge is -2.36. The zero-order valence-electron chi connectivity index (χ0n) is 16.0. The molecule has 1 fully saturated rings. The van der Waals surface area contributed by atoms with E-state index in [4.69, 9.17) is 0 Å². The third kappa shape index (κ3) is 3.81. The first kappa shape index (κ1) is 19.4. The van der Waals surface area contributed by atoms with Gasteiger partial charge >= 0.3 is 6.03 Å². The van der Waals surface area contributed by atoms with E-state index in [-0.39, 0.29) is 23.3 Å². The van der Waals surface area contributed by atoms with Crippen molar-refractivity contribution < 1.29 is 18.0 Å². The largest absolute Gasteiger partial charge is 0.352 e. The molecule has 0 aliphatic heterocycles. The molecule has 7 heteroatoms. The number of rotatable bonds is 5. The van der Waals surface area contributed by atoms with Crippen LogP contribution in [0.25, 0.3) is 22.2 Å². The van der Waals surface area contributed by atoms with Gasteiger partial charge in [0, 0.05) is 24.5 Å². The van der Waals surface area contributed by atoms with Gasteiger partial charge in [-0.2, -0.15) is 0 Å². The molecular weight excluding hydrogens is 379 g/mol. The molecule has 0 spiro atoms. The van der Waals surface area contributed by atoms with Gasteiger partial charge in [-0.15, -0.1) is 0 Å². The molecule has 1 heterocycles. The maximum absolute atomic E-state index is 14.4. The van der Waals surface area contributed by atoms with E-state index >= 15 is 0 Å². The molecular formula is C22H22F3N3O. The van der Waals surface area contributed by atoms with E-state index in [2.05, 4.69) is 15.6 Å². The van der Waals surface area contributed by atoms with Crippen molar-refractivity contribution in [3.05, 3.63) is 59.4 Å². The van der Waals surface area contributed by atoms with Gasteiger partial charge in [-0.05, 0) is 73.1 Å². The fourth-order valence-electron chi connectivity index (χ4n) is 4.11. The SMILES string of the molecule is CCNC(=O)NC[C@H]1C[C@H](c2c(-c3ccc(F)cc3)[nH]c3c(F)cc(F)cc32)C1. The summed E-state index contributed by atoms with van der Waals surface area (Å²) in [6.07, 6.45) is 1.59. The summed E-state index contributed by atoms with van der Waals surface area (Å²) in [5, 5.41) is 6.05. The van der Waals surface area contributed by atoms with Gasteiger partial charge in [0.05, 0.1) is 11.2 Å². The first-order valence-electron chi connectivity index (χ1n) is 9.74. The number of fused-ring (bicyclic) bond motifs is 1. The zero-order chi connectivity index (χ0) is 20.5. The predicted molar refractivity (Wildman–Crippen MR) is 106 cm³/mol. The van der Waals surface area contributed by atoms with Crippen LogP contribution in [-0.4, -0.2) is 24.1 Å². The van der Waals surface area contributed by atoms with E-state index in [9.17, 15) is 18.0 Å². The summed E-state index contributed by atoms with van der Waals surface area (Å²) in [4.78, 5) is 14.7. The van der Waals surface area contributed by atoms with Gasteiger partial charge in [0.2, 0.25) is 0 Å². The quantitative estimate of drug-likeness (QED) is 0.550. The van der Waals surface area contributed by atoms with Crippen molar-refractivity contribution in [1.82, 2.24) is 15.6 Å². The average Bonchev–Trinajstić information content (AvgIpc) is 3.01. The highest BCUT2D eigenvalue weighted by atomic mass is 19.1. The zero-order valence-corrected chi connectivity index (χ0v) is 16.0. The highest BCUT2D eigenvalue weighted by Gasteiger charge is 2.34. The number of urea groups is 1. The normalized spacial score (nSPS) is 18.5. The summed E-state index contributed by atoms with van der Waals surface area (Å²) >= 11 is 0. The van der Waals surface area contributed by atoms with Crippen molar-refractivity contribution in [2.75, 3.05) is 13.1 Å². The Kier molecular flexibility index (Phi) is 5.22. The molecule has 4 rings (SSSR count). The molecule has 1 aliphatic rings. The standard InChI is InChI=1S/C22H22F3N3O/c1-2-26-22(29)27-11-12-7-14(8-12)19-17-9-16(24)10-18(25)21(17)28-20(19)13-3-5-15(23)6-4-13/h3-6,9-10,12,14,28H,2,7-8,11H2,1H3,(H2,26,27,29)/t12-,14-. The molecule has 0 bridgehead atoms. The molecule has 0 atom stereocenters. The Morgan fingerprint density at radius 1 is 1.07 bits per heavy atom. The molecule has 152 valence electrons. The Balaban J connectivity index is 1.64. The Bertz CT molecular complexity index is 1040. The summed E-state index contributed by atoms with van der Waals surface area (Å²) < 4.78 is 41.7. The molecule has 1 saturated carbocycles. The fourth-order valence-corrected chi connectivity index (χ4v) is 4.11. The fraction of sp³-hybridized carbons (Fsp3) is 0.318. The highest BCUT2D eigenvalue weighted by Crippen LogP contribution is 2.48. The van der Waals surface area contributed by atoms with Crippen molar-refractivity contribution in [1.29, 1.82) is 0 Å². The first-order valence-corrected chi connectivity index (χ1v) is 9.74. The van der Waals surface area contributed by atoms with Crippen LogP contribution in [0.4, 0.5) is 18.0 Å². The summed E-state index contributed by atoms with van der Waals surface area (Å²) in [6, 6.07) is 7.96. The van der Waals surface area contributed by atoms with Gasteiger partial charge < -0.3 is 15.6 Å². The van der Waals surface area contributed by atoms with E-state index in [0.717, 1.165) is 30.0 Å². The minimum Gasteiger partial charge on any atom is -0.352 e. The highest BCUT2D eigenvalue weighted by molar-refractivity contribution is 5.92. The predicted octanol–water partition coefficient (Wildman–Crippen LogP) is 5.06. The molecule has 3 N–H and O–H groups in total. The van der Waals surface area contributed by atoms with Crippen molar-refractivity contribution in [2.45, 2.75) is 25.7 Å². The minimum atomic E-state index is -0.650. The topological polar surface area (TPSA) is 56.9 Å². The lowest BCUT2D eigenvalue weighted by molar-refractivity contribution is 0.225. The molecule has 29 heavy (non-hydrogen) atoms. The second kappa shape index (κ2) is 7.81. The number of H-pyrrole nitrogens is 1. The monoisotopic (exact) mass is 401 g/mol. The van der Waals surface area contributed by atoms with Crippen LogP contribution in [-0.2, 0) is 0 Å². The molecule has 0 unspecified atom stereocenters. The van der Waals surface area contributed by atoms with Crippen LogP contribution in [0.2, 0.25) is 0 Å². The van der Waals surface area contributed by atoms with Gasteiger partial charge in [-0.1, -0.05) is 0 Å². The molecule has 2 amide bonds. The number of carbonyl (C=O) groups is 1. The summed E-state index contributed by atoms with van der Waals surface area (Å²) in [5.74, 6) is -1.24. The van der Waals surface area contributed by atoms with Gasteiger partial charge in [0.15, 0.2) is 0 Å². The van der Waals surface area contributed by atoms with Crippen LogP contribution in [0.3, 0.4) is 0 Å². The lowest BCUT2D eigenvalue weighted by atomic mass is 9.70.